The van der Waals surface area contributed by atoms with Crippen molar-refractivity contribution < 1.29 is 4.79 Å². The third-order valence-corrected chi connectivity index (χ3v) is 4.65. The number of likely N-dealkylation sites (tertiary alicyclic amines) is 1. The van der Waals surface area contributed by atoms with E-state index in [0.717, 1.165) is 37.8 Å². The van der Waals surface area contributed by atoms with Gasteiger partial charge in [-0.1, -0.05) is 29.8 Å². The molecule has 0 radical (unpaired) electrons. The minimum Gasteiger partial charge on any atom is -0.359 e. The van der Waals surface area contributed by atoms with Gasteiger partial charge in [0.05, 0.1) is 5.92 Å². The van der Waals surface area contributed by atoms with Crippen molar-refractivity contribution in [3.05, 3.63) is 0 Å². The van der Waals surface area contributed by atoms with E-state index in [4.69, 9.17) is 0 Å². The normalized spacial score (nSPS) is 23.1. The van der Waals surface area contributed by atoms with E-state index >= 15 is 0 Å². The van der Waals surface area contributed by atoms with Crippen molar-refractivity contribution in [1.82, 2.24) is 10.2 Å². The second-order valence-electron chi connectivity index (χ2n) is 5.49. The lowest BCUT2D eigenvalue weighted by molar-refractivity contribution is -0.126. The Labute approximate surface area is 107 Å². The van der Waals surface area contributed by atoms with Crippen LogP contribution in [0.1, 0.15) is 26.7 Å². The summed E-state index contributed by atoms with van der Waals surface area (Å²) < 4.78 is 0. The van der Waals surface area contributed by atoms with Crippen LogP contribution in [-0.2, 0) is 4.79 Å². The molecule has 1 heterocycles. The zero-order valence-corrected chi connectivity index (χ0v) is 12.1. The van der Waals surface area contributed by atoms with Crippen molar-refractivity contribution in [2.24, 2.45) is 11.3 Å². The maximum absolute atomic E-state index is 11.6. The van der Waals surface area contributed by atoms with Crippen LogP contribution in [-0.4, -0.2) is 42.8 Å². The number of hydrogen-bond donors (Lipinski definition) is 1. The molecule has 1 N–H and O–H groups in total. The molecule has 1 amide bonds. The fourth-order valence-corrected chi connectivity index (χ4v) is 2.44. The minimum absolute atomic E-state index is 0.185. The van der Waals surface area contributed by atoms with Crippen LogP contribution in [0.3, 0.4) is 0 Å². The lowest BCUT2D eigenvalue weighted by Crippen LogP contribution is -2.45. The Morgan fingerprint density at radius 1 is 1.56 bits per heavy atom. The Morgan fingerprint density at radius 3 is 2.81 bits per heavy atom. The molecule has 0 bridgehead atoms. The number of alkyl halides is 1. The van der Waals surface area contributed by atoms with Crippen molar-refractivity contribution in [1.29, 1.82) is 0 Å². The molecule has 1 aliphatic heterocycles. The summed E-state index contributed by atoms with van der Waals surface area (Å²) in [5.41, 5.74) is 0.282. The van der Waals surface area contributed by atoms with E-state index in [-0.39, 0.29) is 17.2 Å². The Balaban J connectivity index is 2.48. The second kappa shape index (κ2) is 6.01. The fourth-order valence-electron chi connectivity index (χ4n) is 2.26. The summed E-state index contributed by atoms with van der Waals surface area (Å²) in [5, 5.41) is 3.76. The van der Waals surface area contributed by atoms with Crippen LogP contribution in [0.25, 0.3) is 0 Å². The summed E-state index contributed by atoms with van der Waals surface area (Å²) in [6.45, 7) is 7.61. The molecule has 0 aromatic rings. The third kappa shape index (κ3) is 4.06. The number of carbonyl (C=O) groups is 1. The van der Waals surface area contributed by atoms with Gasteiger partial charge in [-0.3, -0.25) is 4.79 Å². The molecular formula is C12H23BrN2O. The Hall–Kier alpha value is -0.0900. The molecule has 16 heavy (non-hydrogen) atoms. The van der Waals surface area contributed by atoms with Crippen LogP contribution in [0, 0.1) is 11.3 Å². The lowest BCUT2D eigenvalue weighted by Gasteiger charge is -2.36. The number of carbonyl (C=O) groups excluding carboxylic acids is 1. The first-order valence-electron chi connectivity index (χ1n) is 5.98. The summed E-state index contributed by atoms with van der Waals surface area (Å²) in [6, 6.07) is 0. The number of halogens is 1. The molecular weight excluding hydrogens is 268 g/mol. The van der Waals surface area contributed by atoms with Gasteiger partial charge in [0.15, 0.2) is 0 Å². The highest BCUT2D eigenvalue weighted by molar-refractivity contribution is 9.09. The first-order valence-corrected chi connectivity index (χ1v) is 7.10. The molecule has 0 aliphatic carbocycles. The summed E-state index contributed by atoms with van der Waals surface area (Å²) in [7, 11) is 1.73. The zero-order valence-electron chi connectivity index (χ0n) is 10.6. The van der Waals surface area contributed by atoms with Gasteiger partial charge in [-0.15, -0.1) is 0 Å². The van der Waals surface area contributed by atoms with Gasteiger partial charge in [-0.2, -0.15) is 0 Å². The fraction of sp³-hybridized carbons (Fsp3) is 0.917. The largest absolute Gasteiger partial charge is 0.359 e. The second-order valence-corrected chi connectivity index (χ2v) is 6.05. The zero-order chi connectivity index (χ0) is 12.2. The molecule has 0 spiro atoms. The van der Waals surface area contributed by atoms with Crippen LogP contribution >= 0.6 is 15.9 Å². The highest BCUT2D eigenvalue weighted by Crippen LogP contribution is 2.24. The van der Waals surface area contributed by atoms with Crippen LogP contribution < -0.4 is 5.32 Å². The van der Waals surface area contributed by atoms with Gasteiger partial charge in [0.2, 0.25) is 5.91 Å². The maximum atomic E-state index is 11.6. The molecule has 0 saturated carbocycles. The van der Waals surface area contributed by atoms with Gasteiger partial charge >= 0.3 is 0 Å². The molecule has 1 aliphatic rings. The van der Waals surface area contributed by atoms with Gasteiger partial charge in [-0.25, -0.2) is 0 Å². The maximum Gasteiger partial charge on any atom is 0.224 e. The van der Waals surface area contributed by atoms with Crippen molar-refractivity contribution in [2.75, 3.05) is 32.0 Å². The first-order chi connectivity index (χ1) is 7.48. The molecule has 1 fully saturated rings. The molecule has 0 aromatic heterocycles. The van der Waals surface area contributed by atoms with Gasteiger partial charge in [0.25, 0.3) is 0 Å². The van der Waals surface area contributed by atoms with Crippen LogP contribution in [0.15, 0.2) is 0 Å². The number of rotatable bonds is 4. The standard InChI is InChI=1S/C12H23BrN2O/c1-12(2,8-13)9-15-6-4-5-10(7-15)11(16)14-3/h10H,4-9H2,1-3H3,(H,14,16). The summed E-state index contributed by atoms with van der Waals surface area (Å²) in [4.78, 5) is 14.0. The quantitative estimate of drug-likeness (QED) is 0.802. The number of piperidine rings is 1. The number of hydrogen-bond acceptors (Lipinski definition) is 2. The smallest absolute Gasteiger partial charge is 0.224 e. The molecule has 4 heteroatoms. The van der Waals surface area contributed by atoms with E-state index in [2.05, 4.69) is 40.0 Å². The SMILES string of the molecule is CNC(=O)C1CCCN(CC(C)(C)CBr)C1. The van der Waals surface area contributed by atoms with E-state index < -0.39 is 0 Å². The molecule has 3 nitrogen and oxygen atoms in total. The van der Waals surface area contributed by atoms with E-state index in [0.29, 0.717) is 0 Å². The first kappa shape index (κ1) is 14.0. The van der Waals surface area contributed by atoms with Gasteiger partial charge in [-0.05, 0) is 24.8 Å². The van der Waals surface area contributed by atoms with Crippen molar-refractivity contribution in [3.63, 3.8) is 0 Å². The van der Waals surface area contributed by atoms with Crippen LogP contribution in [0.2, 0.25) is 0 Å². The molecule has 1 saturated heterocycles. The van der Waals surface area contributed by atoms with E-state index in [1.807, 2.05) is 0 Å². The molecule has 1 unspecified atom stereocenters. The minimum atomic E-state index is 0.185. The number of nitrogens with zero attached hydrogens (tertiary/aromatic N) is 1. The summed E-state index contributed by atoms with van der Waals surface area (Å²) in [5.74, 6) is 0.381. The average molecular weight is 291 g/mol. The van der Waals surface area contributed by atoms with Crippen molar-refractivity contribution in [3.8, 4) is 0 Å². The number of nitrogens with one attached hydrogen (secondary N) is 1. The van der Waals surface area contributed by atoms with Gasteiger partial charge in [0.1, 0.15) is 0 Å². The number of amides is 1. The molecule has 1 atom stereocenters. The monoisotopic (exact) mass is 290 g/mol. The van der Waals surface area contributed by atoms with E-state index in [9.17, 15) is 4.79 Å². The lowest BCUT2D eigenvalue weighted by atomic mass is 9.92. The predicted molar refractivity (Wildman–Crippen MR) is 70.8 cm³/mol. The Bertz CT molecular complexity index is 243. The third-order valence-electron chi connectivity index (χ3n) is 3.14. The molecule has 1 rings (SSSR count). The average Bonchev–Trinajstić information content (AvgIpc) is 2.28. The van der Waals surface area contributed by atoms with Crippen LogP contribution in [0.5, 0.6) is 0 Å². The van der Waals surface area contributed by atoms with Crippen molar-refractivity contribution >= 4 is 21.8 Å². The summed E-state index contributed by atoms with van der Waals surface area (Å²) >= 11 is 3.55. The van der Waals surface area contributed by atoms with Crippen molar-refractivity contribution in [2.45, 2.75) is 26.7 Å². The van der Waals surface area contributed by atoms with Gasteiger partial charge in [0, 0.05) is 25.5 Å². The highest BCUT2D eigenvalue weighted by atomic mass is 79.9. The topological polar surface area (TPSA) is 32.3 Å². The predicted octanol–water partition coefficient (Wildman–Crippen LogP) is 1.87. The molecule has 94 valence electrons. The van der Waals surface area contributed by atoms with E-state index in [1.54, 1.807) is 7.05 Å². The summed E-state index contributed by atoms with van der Waals surface area (Å²) in [6.07, 6.45) is 2.17. The molecule has 0 aromatic carbocycles. The Kier molecular flexibility index (Phi) is 5.25. The van der Waals surface area contributed by atoms with E-state index in [1.165, 1.54) is 0 Å². The van der Waals surface area contributed by atoms with Crippen LogP contribution in [0.4, 0.5) is 0 Å². The Morgan fingerprint density at radius 2 is 2.25 bits per heavy atom. The highest BCUT2D eigenvalue weighted by Gasteiger charge is 2.28. The van der Waals surface area contributed by atoms with Gasteiger partial charge < -0.3 is 10.2 Å².